The summed E-state index contributed by atoms with van der Waals surface area (Å²) in [7, 11) is 0. The first-order chi connectivity index (χ1) is 9.56. The number of benzene rings is 1. The third kappa shape index (κ3) is 4.61. The molecular formula is C14H16N2O4. The molecule has 0 saturated carbocycles. The van der Waals surface area contributed by atoms with Crippen molar-refractivity contribution >= 4 is 12.1 Å². The Morgan fingerprint density at radius 3 is 2.60 bits per heavy atom. The molecular weight excluding hydrogens is 260 g/mol. The van der Waals surface area contributed by atoms with Crippen molar-refractivity contribution in [2.24, 2.45) is 0 Å². The van der Waals surface area contributed by atoms with Crippen LogP contribution >= 0.6 is 0 Å². The third-order valence-corrected chi connectivity index (χ3v) is 2.73. The molecule has 0 fully saturated rings. The summed E-state index contributed by atoms with van der Waals surface area (Å²) in [6, 6.07) is 9.92. The molecule has 0 saturated heterocycles. The fourth-order valence-electron chi connectivity index (χ4n) is 1.55. The number of carbonyl (C=O) groups excluding carboxylic acids is 1. The summed E-state index contributed by atoms with van der Waals surface area (Å²) >= 11 is 0. The van der Waals surface area contributed by atoms with Gasteiger partial charge in [0.2, 0.25) is 0 Å². The first kappa shape index (κ1) is 15.5. The molecule has 0 spiro atoms. The minimum absolute atomic E-state index is 0.0254. The summed E-state index contributed by atoms with van der Waals surface area (Å²) in [6.07, 6.45) is -0.683. The summed E-state index contributed by atoms with van der Waals surface area (Å²) in [5, 5.41) is 17.5. The highest BCUT2D eigenvalue weighted by Gasteiger charge is 2.26. The van der Waals surface area contributed by atoms with E-state index in [1.807, 2.05) is 24.3 Å². The number of ether oxygens (including phenoxy) is 1. The Balaban J connectivity index is 2.63. The van der Waals surface area contributed by atoms with Gasteiger partial charge in [0.1, 0.15) is 12.6 Å². The number of amides is 1. The minimum Gasteiger partial charge on any atom is -0.480 e. The number of carbonyl (C=O) groups is 2. The molecule has 0 aromatic heterocycles. The van der Waals surface area contributed by atoms with Gasteiger partial charge in [0.25, 0.3) is 0 Å². The van der Waals surface area contributed by atoms with Crippen molar-refractivity contribution in [1.29, 1.82) is 5.26 Å². The van der Waals surface area contributed by atoms with Crippen LogP contribution in [-0.2, 0) is 16.1 Å². The third-order valence-electron chi connectivity index (χ3n) is 2.73. The SMILES string of the molecule is CC(C(=O)O)N(CCC#N)C(=O)OCc1ccccc1. The maximum absolute atomic E-state index is 11.9. The average Bonchev–Trinajstić information content (AvgIpc) is 2.46. The van der Waals surface area contributed by atoms with Crippen LogP contribution in [-0.4, -0.2) is 34.7 Å². The van der Waals surface area contributed by atoms with E-state index in [1.165, 1.54) is 6.92 Å². The monoisotopic (exact) mass is 276 g/mol. The zero-order valence-electron chi connectivity index (χ0n) is 11.2. The van der Waals surface area contributed by atoms with E-state index >= 15 is 0 Å². The molecule has 0 aliphatic carbocycles. The highest BCUT2D eigenvalue weighted by atomic mass is 16.6. The summed E-state index contributed by atoms with van der Waals surface area (Å²) in [5.41, 5.74) is 0.809. The van der Waals surface area contributed by atoms with Crippen LogP contribution in [0.15, 0.2) is 30.3 Å². The largest absolute Gasteiger partial charge is 0.480 e. The normalized spacial score (nSPS) is 11.2. The molecule has 1 atom stereocenters. The molecule has 0 radical (unpaired) electrons. The Morgan fingerprint density at radius 1 is 1.40 bits per heavy atom. The van der Waals surface area contributed by atoms with E-state index in [-0.39, 0.29) is 19.6 Å². The van der Waals surface area contributed by atoms with Crippen LogP contribution in [0.2, 0.25) is 0 Å². The van der Waals surface area contributed by atoms with Crippen LogP contribution in [0.1, 0.15) is 18.9 Å². The van der Waals surface area contributed by atoms with Gasteiger partial charge >= 0.3 is 12.1 Å². The van der Waals surface area contributed by atoms with Crippen LogP contribution in [0.3, 0.4) is 0 Å². The van der Waals surface area contributed by atoms with Crippen molar-refractivity contribution in [2.75, 3.05) is 6.54 Å². The molecule has 1 unspecified atom stereocenters. The first-order valence-corrected chi connectivity index (χ1v) is 6.13. The van der Waals surface area contributed by atoms with E-state index in [0.29, 0.717) is 0 Å². The van der Waals surface area contributed by atoms with E-state index < -0.39 is 18.1 Å². The molecule has 0 heterocycles. The molecule has 0 aliphatic rings. The Bertz CT molecular complexity index is 496. The molecule has 0 bridgehead atoms. The number of carboxylic acid groups (broad SMARTS) is 1. The maximum Gasteiger partial charge on any atom is 0.410 e. The Morgan fingerprint density at radius 2 is 2.05 bits per heavy atom. The smallest absolute Gasteiger partial charge is 0.410 e. The van der Waals surface area contributed by atoms with Crippen LogP contribution in [0, 0.1) is 11.3 Å². The summed E-state index contributed by atoms with van der Waals surface area (Å²) < 4.78 is 5.07. The summed E-state index contributed by atoms with van der Waals surface area (Å²) in [5.74, 6) is -1.14. The van der Waals surface area contributed by atoms with Gasteiger partial charge < -0.3 is 9.84 Å². The molecule has 1 aromatic carbocycles. The van der Waals surface area contributed by atoms with Gasteiger partial charge in [0.05, 0.1) is 12.5 Å². The lowest BCUT2D eigenvalue weighted by Gasteiger charge is -2.24. The van der Waals surface area contributed by atoms with Crippen molar-refractivity contribution in [3.63, 3.8) is 0 Å². The molecule has 106 valence electrons. The fourth-order valence-corrected chi connectivity index (χ4v) is 1.55. The molecule has 6 nitrogen and oxygen atoms in total. The Labute approximate surface area is 117 Å². The van der Waals surface area contributed by atoms with Gasteiger partial charge in [0, 0.05) is 6.54 Å². The lowest BCUT2D eigenvalue weighted by atomic mass is 10.2. The lowest BCUT2D eigenvalue weighted by molar-refractivity contribution is -0.142. The molecule has 1 rings (SSSR count). The summed E-state index contributed by atoms with van der Waals surface area (Å²) in [4.78, 5) is 23.9. The number of aliphatic carboxylic acids is 1. The van der Waals surface area contributed by atoms with E-state index in [9.17, 15) is 9.59 Å². The number of hydrogen-bond acceptors (Lipinski definition) is 4. The quantitative estimate of drug-likeness (QED) is 0.858. The second-order valence-corrected chi connectivity index (χ2v) is 4.16. The van der Waals surface area contributed by atoms with Gasteiger partial charge in [-0.05, 0) is 12.5 Å². The van der Waals surface area contributed by atoms with Crippen molar-refractivity contribution in [1.82, 2.24) is 4.90 Å². The highest BCUT2D eigenvalue weighted by Crippen LogP contribution is 2.07. The molecule has 1 amide bonds. The van der Waals surface area contributed by atoms with E-state index in [1.54, 1.807) is 12.1 Å². The first-order valence-electron chi connectivity index (χ1n) is 6.13. The standard InChI is InChI=1S/C14H16N2O4/c1-11(13(17)18)16(9-5-8-15)14(19)20-10-12-6-3-2-4-7-12/h2-4,6-7,11H,5,9-10H2,1H3,(H,17,18). The van der Waals surface area contributed by atoms with Crippen LogP contribution in [0.25, 0.3) is 0 Å². The predicted molar refractivity (Wildman–Crippen MR) is 70.7 cm³/mol. The Hall–Kier alpha value is -2.55. The molecule has 1 N–H and O–H groups in total. The van der Waals surface area contributed by atoms with Gasteiger partial charge in [0.15, 0.2) is 0 Å². The van der Waals surface area contributed by atoms with Gasteiger partial charge in [-0.3, -0.25) is 4.90 Å². The number of nitrogens with zero attached hydrogens (tertiary/aromatic N) is 2. The van der Waals surface area contributed by atoms with Gasteiger partial charge in [-0.15, -0.1) is 0 Å². The van der Waals surface area contributed by atoms with Gasteiger partial charge in [-0.1, -0.05) is 30.3 Å². The van der Waals surface area contributed by atoms with Crippen LogP contribution < -0.4 is 0 Å². The average molecular weight is 276 g/mol. The van der Waals surface area contributed by atoms with Crippen molar-refractivity contribution < 1.29 is 19.4 Å². The van der Waals surface area contributed by atoms with E-state index in [2.05, 4.69) is 0 Å². The molecule has 1 aromatic rings. The van der Waals surface area contributed by atoms with E-state index in [0.717, 1.165) is 10.5 Å². The van der Waals surface area contributed by atoms with Crippen molar-refractivity contribution in [3.05, 3.63) is 35.9 Å². The number of rotatable bonds is 6. The van der Waals surface area contributed by atoms with Crippen molar-refractivity contribution in [2.45, 2.75) is 26.0 Å². The number of carboxylic acids is 1. The van der Waals surface area contributed by atoms with E-state index in [4.69, 9.17) is 15.1 Å². The molecule has 6 heteroatoms. The zero-order valence-corrected chi connectivity index (χ0v) is 11.2. The second-order valence-electron chi connectivity index (χ2n) is 4.16. The Kier molecular flexibility index (Phi) is 6.04. The molecule has 20 heavy (non-hydrogen) atoms. The fraction of sp³-hybridized carbons (Fsp3) is 0.357. The second kappa shape index (κ2) is 7.79. The van der Waals surface area contributed by atoms with Crippen LogP contribution in [0.5, 0.6) is 0 Å². The summed E-state index contributed by atoms with van der Waals surface area (Å²) in [6.45, 7) is 1.47. The maximum atomic E-state index is 11.9. The van der Waals surface area contributed by atoms with Crippen molar-refractivity contribution in [3.8, 4) is 6.07 Å². The highest BCUT2D eigenvalue weighted by molar-refractivity contribution is 5.79. The minimum atomic E-state index is -1.14. The van der Waals surface area contributed by atoms with Gasteiger partial charge in [-0.2, -0.15) is 5.26 Å². The lowest BCUT2D eigenvalue weighted by Crippen LogP contribution is -2.44. The number of nitriles is 1. The molecule has 0 aliphatic heterocycles. The zero-order chi connectivity index (χ0) is 15.0. The topological polar surface area (TPSA) is 90.6 Å². The predicted octanol–water partition coefficient (Wildman–Crippen LogP) is 2.01. The van der Waals surface area contributed by atoms with Gasteiger partial charge in [-0.25, -0.2) is 9.59 Å². The van der Waals surface area contributed by atoms with Crippen LogP contribution in [0.4, 0.5) is 4.79 Å². The number of hydrogen-bond donors (Lipinski definition) is 1.